The van der Waals surface area contributed by atoms with Crippen molar-refractivity contribution in [3.8, 4) is 11.1 Å². The quantitative estimate of drug-likeness (QED) is 0.196. The molecule has 4 rings (SSSR count). The Balaban J connectivity index is 0.000000468. The smallest absolute Gasteiger partial charge is 0.276 e. The van der Waals surface area contributed by atoms with Crippen LogP contribution < -0.4 is 4.83 Å². The molecular weight excluding hydrogens is 436 g/mol. The SMILES string of the molecule is Cc1ccc(S(=O)(=O)NN=Cc2ccccc2-[c-]2cccc2)cc1.[Fe].[cH-]1[cH-][cH-][cH-][cH-]1. The first-order valence-corrected chi connectivity index (χ1v) is 10.6. The average molecular weight is 458 g/mol. The van der Waals surface area contributed by atoms with Gasteiger partial charge in [0, 0.05) is 23.3 Å². The van der Waals surface area contributed by atoms with Gasteiger partial charge in [-0.3, -0.25) is 0 Å². The van der Waals surface area contributed by atoms with Crippen molar-refractivity contribution in [1.29, 1.82) is 0 Å². The number of hydrogen-bond acceptors (Lipinski definition) is 3. The summed E-state index contributed by atoms with van der Waals surface area (Å²) in [5.41, 5.74) is 3.91. The van der Waals surface area contributed by atoms with E-state index in [4.69, 9.17) is 0 Å². The van der Waals surface area contributed by atoms with E-state index < -0.39 is 10.0 Å². The van der Waals surface area contributed by atoms with Gasteiger partial charge in [-0.15, -0.1) is 23.8 Å². The van der Waals surface area contributed by atoms with Crippen LogP contribution in [0.5, 0.6) is 0 Å². The molecule has 0 radical (unpaired) electrons. The number of hydrazone groups is 1. The van der Waals surface area contributed by atoms with Crippen LogP contribution in [0.4, 0.5) is 0 Å². The normalized spacial score (nSPS) is 10.7. The molecule has 160 valence electrons. The zero-order valence-electron chi connectivity index (χ0n) is 16.4. The Hall–Kier alpha value is -2.92. The van der Waals surface area contributed by atoms with Crippen LogP contribution >= 0.6 is 0 Å². The van der Waals surface area contributed by atoms with Gasteiger partial charge in [0.15, 0.2) is 0 Å². The molecule has 30 heavy (non-hydrogen) atoms. The number of hydrogen-bond donors (Lipinski definition) is 1. The summed E-state index contributed by atoms with van der Waals surface area (Å²) in [6, 6.07) is 32.3. The second-order valence-corrected chi connectivity index (χ2v) is 8.05. The average Bonchev–Trinajstić information content (AvgIpc) is 3.45. The minimum Gasteiger partial charge on any atom is -0.748 e. The number of benzene rings is 2. The minimum atomic E-state index is -3.66. The van der Waals surface area contributed by atoms with Crippen molar-refractivity contribution in [2.45, 2.75) is 11.8 Å². The minimum absolute atomic E-state index is 0. The monoisotopic (exact) mass is 458 g/mol. The van der Waals surface area contributed by atoms with Gasteiger partial charge in [-0.05, 0) is 19.1 Å². The summed E-state index contributed by atoms with van der Waals surface area (Å²) in [5.74, 6) is 0. The Kier molecular flexibility index (Phi) is 8.81. The van der Waals surface area contributed by atoms with Gasteiger partial charge in [-0.2, -0.15) is 25.7 Å². The molecule has 0 aromatic heterocycles. The summed E-state index contributed by atoms with van der Waals surface area (Å²) < 4.78 is 24.4. The molecule has 0 atom stereocenters. The van der Waals surface area contributed by atoms with Crippen LogP contribution in [-0.4, -0.2) is 14.6 Å². The maximum Gasteiger partial charge on any atom is 0.276 e. The van der Waals surface area contributed by atoms with Crippen LogP contribution in [0.15, 0.2) is 113 Å². The first-order chi connectivity index (χ1) is 14.1. The van der Waals surface area contributed by atoms with Gasteiger partial charge in [0.2, 0.25) is 0 Å². The third-order valence-electron chi connectivity index (χ3n) is 4.20. The maximum absolute atomic E-state index is 12.2. The first-order valence-electron chi connectivity index (χ1n) is 9.15. The maximum atomic E-state index is 12.2. The predicted octanol–water partition coefficient (Wildman–Crippen LogP) is 5.10. The van der Waals surface area contributed by atoms with E-state index in [1.807, 2.05) is 85.8 Å². The number of sulfonamides is 1. The van der Waals surface area contributed by atoms with Gasteiger partial charge in [0.05, 0.1) is 4.90 Å². The molecule has 0 aliphatic carbocycles. The summed E-state index contributed by atoms with van der Waals surface area (Å²) in [5, 5.41) is 3.92. The standard InChI is InChI=1S/C19H17N2O2S.C5H5.Fe/c1-15-10-12-18(13-11-15)24(22,23)21-20-14-17-8-4-5-9-19(17)16-6-2-3-7-16;1-2-4-5-3-1;/h2-14,21H,1H3;1-5H;/q-1;-5;. The van der Waals surface area contributed by atoms with E-state index in [1.54, 1.807) is 24.3 Å². The molecule has 4 aromatic rings. The summed E-state index contributed by atoms with van der Waals surface area (Å²) in [7, 11) is -3.66. The van der Waals surface area contributed by atoms with Crippen molar-refractivity contribution < 1.29 is 25.5 Å². The molecule has 0 amide bonds. The Bertz CT molecular complexity index is 1120. The fourth-order valence-corrected chi connectivity index (χ4v) is 3.47. The fourth-order valence-electron chi connectivity index (χ4n) is 2.68. The second-order valence-electron chi connectivity index (χ2n) is 6.39. The summed E-state index contributed by atoms with van der Waals surface area (Å²) in [4.78, 5) is 2.45. The van der Waals surface area contributed by atoms with E-state index in [0.717, 1.165) is 22.3 Å². The van der Waals surface area contributed by atoms with E-state index in [2.05, 4.69) is 9.93 Å². The molecule has 4 aromatic carbocycles. The van der Waals surface area contributed by atoms with Gasteiger partial charge >= 0.3 is 0 Å². The zero-order valence-corrected chi connectivity index (χ0v) is 18.3. The zero-order chi connectivity index (χ0) is 20.5. The van der Waals surface area contributed by atoms with Crippen LogP contribution in [0, 0.1) is 6.92 Å². The first kappa shape index (κ1) is 23.4. The van der Waals surface area contributed by atoms with E-state index in [-0.39, 0.29) is 22.0 Å². The van der Waals surface area contributed by atoms with Gasteiger partial charge in [0.25, 0.3) is 10.0 Å². The topological polar surface area (TPSA) is 58.5 Å². The Labute approximate surface area is 188 Å². The third kappa shape index (κ3) is 6.56. The molecule has 0 saturated carbocycles. The van der Waals surface area contributed by atoms with Gasteiger partial charge in [-0.1, -0.05) is 47.0 Å². The second kappa shape index (κ2) is 11.3. The summed E-state index contributed by atoms with van der Waals surface area (Å²) in [6.07, 6.45) is 1.52. The van der Waals surface area contributed by atoms with Crippen LogP contribution in [-0.2, 0) is 27.1 Å². The third-order valence-corrected chi connectivity index (χ3v) is 5.44. The molecular formula is C24H22FeN2O2S-6. The number of nitrogens with zero attached hydrogens (tertiary/aromatic N) is 1. The van der Waals surface area contributed by atoms with Gasteiger partial charge in [-0.25, -0.2) is 4.83 Å². The predicted molar refractivity (Wildman–Crippen MR) is 119 cm³/mol. The Morgan fingerprint density at radius 1 is 0.867 bits per heavy atom. The number of nitrogens with one attached hydrogen (secondary N) is 1. The van der Waals surface area contributed by atoms with Crippen LogP contribution in [0.2, 0.25) is 0 Å². The van der Waals surface area contributed by atoms with Crippen LogP contribution in [0.3, 0.4) is 0 Å². The largest absolute Gasteiger partial charge is 0.748 e. The molecule has 4 nitrogen and oxygen atoms in total. The molecule has 0 heterocycles. The van der Waals surface area contributed by atoms with Crippen LogP contribution in [0.25, 0.3) is 11.1 Å². The molecule has 0 unspecified atom stereocenters. The molecule has 0 aliphatic heterocycles. The summed E-state index contributed by atoms with van der Waals surface area (Å²) in [6.45, 7) is 1.91. The summed E-state index contributed by atoms with van der Waals surface area (Å²) >= 11 is 0. The van der Waals surface area contributed by atoms with Gasteiger partial charge in [0.1, 0.15) is 0 Å². The number of rotatable bonds is 5. The van der Waals surface area contributed by atoms with Crippen molar-refractivity contribution >= 4 is 16.2 Å². The molecule has 0 aliphatic rings. The molecule has 0 bridgehead atoms. The van der Waals surface area contributed by atoms with Crippen molar-refractivity contribution in [3.63, 3.8) is 0 Å². The van der Waals surface area contributed by atoms with Crippen LogP contribution in [0.1, 0.15) is 11.1 Å². The van der Waals surface area contributed by atoms with Gasteiger partial charge < -0.3 is 30.3 Å². The van der Waals surface area contributed by atoms with E-state index in [1.165, 1.54) is 6.21 Å². The molecule has 0 saturated heterocycles. The Morgan fingerprint density at radius 3 is 2.03 bits per heavy atom. The van der Waals surface area contributed by atoms with Crippen molar-refractivity contribution in [2.75, 3.05) is 0 Å². The Morgan fingerprint density at radius 2 is 1.43 bits per heavy atom. The molecule has 0 spiro atoms. The van der Waals surface area contributed by atoms with Crippen molar-refractivity contribution in [3.05, 3.63) is 114 Å². The number of aryl methyl sites for hydroxylation is 1. The molecule has 0 fully saturated rings. The molecule has 6 heteroatoms. The van der Waals surface area contributed by atoms with E-state index in [0.29, 0.717) is 0 Å². The van der Waals surface area contributed by atoms with Crippen molar-refractivity contribution in [1.82, 2.24) is 4.83 Å². The van der Waals surface area contributed by atoms with E-state index >= 15 is 0 Å². The molecule has 1 N–H and O–H groups in total. The van der Waals surface area contributed by atoms with Crippen molar-refractivity contribution in [2.24, 2.45) is 5.10 Å². The fraction of sp³-hybridized carbons (Fsp3) is 0.0417. The van der Waals surface area contributed by atoms with E-state index in [9.17, 15) is 8.42 Å².